The third-order valence-electron chi connectivity index (χ3n) is 5.94. The van der Waals surface area contributed by atoms with Crippen molar-refractivity contribution in [3.8, 4) is 11.5 Å². The molecule has 0 atom stereocenters. The number of aryl methyl sites for hydroxylation is 1. The Balaban J connectivity index is 1.40. The van der Waals surface area contributed by atoms with Gasteiger partial charge in [0.05, 0.1) is 11.9 Å². The Morgan fingerprint density at radius 2 is 2.03 bits per heavy atom. The molecule has 0 radical (unpaired) electrons. The minimum absolute atomic E-state index is 0.00595. The van der Waals surface area contributed by atoms with Gasteiger partial charge in [-0.3, -0.25) is 4.79 Å². The molecule has 1 saturated carbocycles. The summed E-state index contributed by atoms with van der Waals surface area (Å²) in [7, 11) is 0. The number of hydrogen-bond acceptors (Lipinski definition) is 10. The lowest BCUT2D eigenvalue weighted by atomic mass is 10.2. The number of amides is 1. The third kappa shape index (κ3) is 5.38. The number of halogens is 4. The molecule has 0 unspecified atom stereocenters. The van der Waals surface area contributed by atoms with Crippen LogP contribution in [0.2, 0.25) is 0 Å². The van der Waals surface area contributed by atoms with Crippen LogP contribution in [0.1, 0.15) is 55.6 Å². The van der Waals surface area contributed by atoms with Gasteiger partial charge in [0.25, 0.3) is 5.89 Å². The van der Waals surface area contributed by atoms with E-state index in [1.165, 1.54) is 17.0 Å². The fraction of sp³-hybridized carbons (Fsp3) is 0.455. The summed E-state index contributed by atoms with van der Waals surface area (Å²) in [5.41, 5.74) is 5.75. The van der Waals surface area contributed by atoms with E-state index in [4.69, 9.17) is 10.2 Å². The molecular weight excluding hydrogens is 512 g/mol. The van der Waals surface area contributed by atoms with Crippen molar-refractivity contribution in [1.82, 2.24) is 39.7 Å². The van der Waals surface area contributed by atoms with E-state index in [-0.39, 0.29) is 59.9 Å². The SMILES string of the molecule is CCc1c(N)nc(-c2cn3ncnc3c(CCCC(F)(F)F)n2)nc1NC(=O)Cc1nnc(C2(F)CC2)o1. The molecule has 1 aliphatic rings. The highest BCUT2D eigenvalue weighted by molar-refractivity contribution is 5.92. The number of nitrogen functional groups attached to an aromatic ring is 1. The second-order valence-corrected chi connectivity index (χ2v) is 8.87. The lowest BCUT2D eigenvalue weighted by Gasteiger charge is -2.13. The molecule has 38 heavy (non-hydrogen) atoms. The predicted molar refractivity (Wildman–Crippen MR) is 123 cm³/mol. The minimum Gasteiger partial charge on any atom is -0.421 e. The number of anilines is 2. The van der Waals surface area contributed by atoms with Crippen molar-refractivity contribution in [3.05, 3.63) is 35.6 Å². The molecule has 4 aromatic rings. The summed E-state index contributed by atoms with van der Waals surface area (Å²) in [6.45, 7) is 1.80. The molecule has 200 valence electrons. The Bertz CT molecular complexity index is 1500. The van der Waals surface area contributed by atoms with E-state index in [0.29, 0.717) is 30.5 Å². The van der Waals surface area contributed by atoms with Crippen LogP contribution >= 0.6 is 0 Å². The van der Waals surface area contributed by atoms with Crippen LogP contribution in [-0.2, 0) is 29.7 Å². The number of nitrogens with two attached hydrogens (primary N) is 1. The fourth-order valence-electron chi connectivity index (χ4n) is 3.83. The predicted octanol–water partition coefficient (Wildman–Crippen LogP) is 3.13. The zero-order valence-electron chi connectivity index (χ0n) is 20.1. The monoisotopic (exact) mass is 534 g/mol. The van der Waals surface area contributed by atoms with Gasteiger partial charge in [-0.15, -0.1) is 10.2 Å². The summed E-state index contributed by atoms with van der Waals surface area (Å²) in [5.74, 6) is -0.539. The number of hydrogen-bond donors (Lipinski definition) is 2. The highest BCUT2D eigenvalue weighted by Crippen LogP contribution is 2.48. The third-order valence-corrected chi connectivity index (χ3v) is 5.94. The Morgan fingerprint density at radius 3 is 2.74 bits per heavy atom. The largest absolute Gasteiger partial charge is 0.421 e. The fourth-order valence-corrected chi connectivity index (χ4v) is 3.83. The number of nitrogens with zero attached hydrogens (tertiary/aromatic N) is 8. The molecule has 0 spiro atoms. The summed E-state index contributed by atoms with van der Waals surface area (Å²) in [5, 5.41) is 14.1. The van der Waals surface area contributed by atoms with E-state index in [1.807, 2.05) is 0 Å². The molecule has 0 saturated heterocycles. The van der Waals surface area contributed by atoms with Crippen LogP contribution in [-0.4, -0.2) is 51.8 Å². The molecule has 12 nitrogen and oxygen atoms in total. The Hall–Kier alpha value is -4.24. The average Bonchev–Trinajstić information content (AvgIpc) is 3.20. The summed E-state index contributed by atoms with van der Waals surface area (Å²) in [6, 6.07) is 0. The summed E-state index contributed by atoms with van der Waals surface area (Å²) in [4.78, 5) is 29.9. The Morgan fingerprint density at radius 1 is 1.24 bits per heavy atom. The first-order chi connectivity index (χ1) is 18.0. The van der Waals surface area contributed by atoms with Crippen molar-refractivity contribution in [2.24, 2.45) is 0 Å². The van der Waals surface area contributed by atoms with Crippen LogP contribution in [0.3, 0.4) is 0 Å². The van der Waals surface area contributed by atoms with Gasteiger partial charge in [-0.05, 0) is 32.1 Å². The van der Waals surface area contributed by atoms with Gasteiger partial charge in [0, 0.05) is 12.0 Å². The second-order valence-electron chi connectivity index (χ2n) is 8.87. The van der Waals surface area contributed by atoms with Crippen LogP contribution in [0.4, 0.5) is 29.2 Å². The molecule has 1 amide bonds. The maximum Gasteiger partial charge on any atom is 0.389 e. The van der Waals surface area contributed by atoms with E-state index >= 15 is 0 Å². The molecule has 5 rings (SSSR count). The lowest BCUT2D eigenvalue weighted by molar-refractivity contribution is -0.135. The van der Waals surface area contributed by atoms with E-state index < -0.39 is 24.2 Å². The molecule has 0 aliphatic heterocycles. The number of carbonyl (C=O) groups is 1. The van der Waals surface area contributed by atoms with Crippen molar-refractivity contribution in [3.63, 3.8) is 0 Å². The van der Waals surface area contributed by atoms with E-state index in [9.17, 15) is 22.4 Å². The number of fused-ring (bicyclic) bond motifs is 1. The van der Waals surface area contributed by atoms with Crippen molar-refractivity contribution < 1.29 is 26.8 Å². The number of alkyl halides is 4. The number of aromatic nitrogens is 8. The van der Waals surface area contributed by atoms with E-state index in [0.717, 1.165) is 0 Å². The van der Waals surface area contributed by atoms with Gasteiger partial charge in [-0.1, -0.05) is 6.92 Å². The quantitative estimate of drug-likeness (QED) is 0.305. The molecule has 3 N–H and O–H groups in total. The number of nitrogens with one attached hydrogen (secondary N) is 1. The van der Waals surface area contributed by atoms with Crippen LogP contribution < -0.4 is 11.1 Å². The smallest absolute Gasteiger partial charge is 0.389 e. The number of carbonyl (C=O) groups excluding carboxylic acids is 1. The first kappa shape index (κ1) is 25.4. The van der Waals surface area contributed by atoms with Gasteiger partial charge in [0.1, 0.15) is 30.1 Å². The molecular formula is C22H22F4N10O2. The molecule has 4 heterocycles. The first-order valence-corrected chi connectivity index (χ1v) is 11.8. The standard InChI is InChI=1S/C22H22F4N10O2/c1-2-11-16(27)32-18(13-9-36-19(28-10-29-36)12(30-13)4-3-5-22(24,25)26)33-17(11)31-14(37)8-15-34-35-20(38-15)21(23)6-7-21/h9-10H,2-8H2,1H3,(H3,27,31,32,33,37). The maximum absolute atomic E-state index is 14.1. The number of rotatable bonds is 9. The summed E-state index contributed by atoms with van der Waals surface area (Å²) < 4.78 is 58.7. The van der Waals surface area contributed by atoms with Crippen LogP contribution in [0.15, 0.2) is 16.9 Å². The average molecular weight is 534 g/mol. The van der Waals surface area contributed by atoms with Crippen LogP contribution in [0.5, 0.6) is 0 Å². The van der Waals surface area contributed by atoms with Gasteiger partial charge in [0.2, 0.25) is 11.8 Å². The normalized spacial score (nSPS) is 14.7. The molecule has 0 aromatic carbocycles. The molecule has 1 aliphatic carbocycles. The van der Waals surface area contributed by atoms with Crippen molar-refractivity contribution in [2.75, 3.05) is 11.1 Å². The lowest BCUT2D eigenvalue weighted by Crippen LogP contribution is -2.18. The van der Waals surface area contributed by atoms with Crippen LogP contribution in [0.25, 0.3) is 17.2 Å². The zero-order valence-corrected chi connectivity index (χ0v) is 20.1. The van der Waals surface area contributed by atoms with Crippen molar-refractivity contribution >= 4 is 23.2 Å². The minimum atomic E-state index is -4.30. The maximum atomic E-state index is 14.1. The van der Waals surface area contributed by atoms with Gasteiger partial charge in [0.15, 0.2) is 17.1 Å². The van der Waals surface area contributed by atoms with Gasteiger partial charge < -0.3 is 15.5 Å². The molecule has 0 bridgehead atoms. The topological polar surface area (TPSA) is 163 Å². The van der Waals surface area contributed by atoms with Crippen LogP contribution in [0, 0.1) is 0 Å². The second kappa shape index (κ2) is 9.57. The van der Waals surface area contributed by atoms with Crippen molar-refractivity contribution in [2.45, 2.75) is 63.7 Å². The summed E-state index contributed by atoms with van der Waals surface area (Å²) in [6.07, 6.45) is -2.10. The Kier molecular flexibility index (Phi) is 6.40. The molecule has 16 heteroatoms. The first-order valence-electron chi connectivity index (χ1n) is 11.8. The molecule has 4 aromatic heterocycles. The van der Waals surface area contributed by atoms with Gasteiger partial charge in [-0.25, -0.2) is 28.8 Å². The highest BCUT2D eigenvalue weighted by atomic mass is 19.4. The van der Waals surface area contributed by atoms with Gasteiger partial charge >= 0.3 is 6.18 Å². The van der Waals surface area contributed by atoms with Crippen molar-refractivity contribution in [1.29, 1.82) is 0 Å². The molecule has 1 fully saturated rings. The van der Waals surface area contributed by atoms with E-state index in [2.05, 4.69) is 40.5 Å². The van der Waals surface area contributed by atoms with Gasteiger partial charge in [-0.2, -0.15) is 18.3 Å². The van der Waals surface area contributed by atoms with E-state index in [1.54, 1.807) is 6.92 Å². The highest BCUT2D eigenvalue weighted by Gasteiger charge is 2.50. The zero-order chi connectivity index (χ0) is 27.1. The Labute approximate surface area is 212 Å². The summed E-state index contributed by atoms with van der Waals surface area (Å²) >= 11 is 0.